The molecule has 2 aromatic rings. The van der Waals surface area contributed by atoms with Gasteiger partial charge in [-0.15, -0.1) is 0 Å². The van der Waals surface area contributed by atoms with Gasteiger partial charge in [0.15, 0.2) is 0 Å². The lowest BCUT2D eigenvalue weighted by Gasteiger charge is -2.31. The van der Waals surface area contributed by atoms with Gasteiger partial charge < -0.3 is 0 Å². The fourth-order valence-corrected chi connectivity index (χ4v) is 8.07. The van der Waals surface area contributed by atoms with E-state index in [1.807, 2.05) is 12.1 Å². The molecule has 3 aliphatic carbocycles. The summed E-state index contributed by atoms with van der Waals surface area (Å²) in [6.45, 7) is 4.55. The van der Waals surface area contributed by atoms with Crippen molar-refractivity contribution in [1.29, 1.82) is 0 Å². The minimum atomic E-state index is 0.00447. The van der Waals surface area contributed by atoms with Gasteiger partial charge in [-0.25, -0.2) is 8.78 Å². The second-order valence-corrected chi connectivity index (χ2v) is 12.7. The second kappa shape index (κ2) is 12.4. The fraction of sp³-hybridized carbons (Fsp3) is 0.657. The monoisotopic (exact) mass is 506 g/mol. The highest BCUT2D eigenvalue weighted by atomic mass is 19.1. The molecule has 2 aromatic carbocycles. The maximum absolute atomic E-state index is 15.3. The molecule has 3 aliphatic rings. The van der Waals surface area contributed by atoms with Gasteiger partial charge in [-0.2, -0.15) is 0 Å². The molecule has 3 saturated carbocycles. The van der Waals surface area contributed by atoms with Crippen LogP contribution in [0.15, 0.2) is 36.4 Å². The summed E-state index contributed by atoms with van der Waals surface area (Å²) in [6.07, 6.45) is 17.7. The lowest BCUT2D eigenvalue weighted by atomic mass is 9.74. The first kappa shape index (κ1) is 26.9. The zero-order chi connectivity index (χ0) is 25.8. The summed E-state index contributed by atoms with van der Waals surface area (Å²) in [5.74, 6) is 3.35. The molecule has 3 fully saturated rings. The highest BCUT2D eigenvalue weighted by molar-refractivity contribution is 5.32. The largest absolute Gasteiger partial charge is 0.207 e. The van der Waals surface area contributed by atoms with Crippen molar-refractivity contribution < 1.29 is 8.78 Å². The van der Waals surface area contributed by atoms with Gasteiger partial charge >= 0.3 is 0 Å². The molecule has 0 heterocycles. The normalized spacial score (nSPS) is 30.8. The van der Waals surface area contributed by atoms with E-state index in [-0.39, 0.29) is 11.6 Å². The van der Waals surface area contributed by atoms with Crippen LogP contribution in [0.25, 0.3) is 0 Å². The molecule has 2 heteroatoms. The van der Waals surface area contributed by atoms with Crippen molar-refractivity contribution in [3.8, 4) is 0 Å². The van der Waals surface area contributed by atoms with Gasteiger partial charge in [0, 0.05) is 0 Å². The molecule has 0 radical (unpaired) electrons. The lowest BCUT2D eigenvalue weighted by Crippen LogP contribution is -2.16. The first-order valence-corrected chi connectivity index (χ1v) is 15.6. The van der Waals surface area contributed by atoms with Gasteiger partial charge in [0.1, 0.15) is 11.6 Å². The molecular weight excluding hydrogens is 458 g/mol. The predicted octanol–water partition coefficient (Wildman–Crippen LogP) is 11.2. The minimum Gasteiger partial charge on any atom is -0.207 e. The Morgan fingerprint density at radius 1 is 0.541 bits per heavy atom. The molecule has 0 atom stereocenters. The van der Waals surface area contributed by atoms with Crippen LogP contribution in [-0.2, 0) is 0 Å². The molecular formula is C35H48F2. The highest BCUT2D eigenvalue weighted by Crippen LogP contribution is 2.44. The van der Waals surface area contributed by atoms with Crippen LogP contribution >= 0.6 is 0 Å². The topological polar surface area (TPSA) is 0 Å². The maximum Gasteiger partial charge on any atom is 0.126 e. The Kier molecular flexibility index (Phi) is 9.04. The van der Waals surface area contributed by atoms with Crippen molar-refractivity contribution in [2.45, 2.75) is 134 Å². The molecule has 0 N–H and O–H groups in total. The van der Waals surface area contributed by atoms with E-state index in [4.69, 9.17) is 0 Å². The van der Waals surface area contributed by atoms with Crippen molar-refractivity contribution in [2.75, 3.05) is 0 Å². The van der Waals surface area contributed by atoms with Crippen molar-refractivity contribution in [2.24, 2.45) is 11.8 Å². The van der Waals surface area contributed by atoms with E-state index in [1.165, 1.54) is 63.4 Å². The van der Waals surface area contributed by atoms with Crippen molar-refractivity contribution in [3.05, 3.63) is 70.3 Å². The Labute approximate surface area is 224 Å². The summed E-state index contributed by atoms with van der Waals surface area (Å²) >= 11 is 0. The quantitative estimate of drug-likeness (QED) is 0.350. The van der Waals surface area contributed by atoms with Crippen LogP contribution in [-0.4, -0.2) is 0 Å². The Bertz CT molecular complexity index is 1000. The van der Waals surface area contributed by atoms with Gasteiger partial charge in [-0.05, 0) is 147 Å². The highest BCUT2D eigenvalue weighted by Gasteiger charge is 2.29. The molecule has 5 rings (SSSR count). The zero-order valence-corrected chi connectivity index (χ0v) is 23.3. The average molecular weight is 507 g/mol. The average Bonchev–Trinajstić information content (AvgIpc) is 2.94. The van der Waals surface area contributed by atoms with Crippen LogP contribution in [0.2, 0.25) is 0 Å². The summed E-state index contributed by atoms with van der Waals surface area (Å²) in [7, 11) is 0. The second-order valence-electron chi connectivity index (χ2n) is 12.7. The summed E-state index contributed by atoms with van der Waals surface area (Å²) in [6, 6.07) is 12.3. The van der Waals surface area contributed by atoms with E-state index in [2.05, 4.69) is 38.1 Å². The van der Waals surface area contributed by atoms with Crippen LogP contribution < -0.4 is 0 Å². The Hall–Kier alpha value is -1.70. The fourth-order valence-electron chi connectivity index (χ4n) is 8.07. The Balaban J connectivity index is 1.16. The van der Waals surface area contributed by atoms with Gasteiger partial charge in [0.05, 0.1) is 0 Å². The summed E-state index contributed by atoms with van der Waals surface area (Å²) in [4.78, 5) is 0. The zero-order valence-electron chi connectivity index (χ0n) is 23.3. The van der Waals surface area contributed by atoms with E-state index >= 15 is 8.78 Å². The standard InChI is InChI=1S/C35H48F2/c1-3-5-25-8-10-26(11-9-25)30-18-21-33(35(37)22-30)29-16-14-27(15-17-29)31-19-20-32(34(36)23-31)28-12-6-24(4-2)7-13-28/h18-29H,3-17H2,1-2H3. The van der Waals surface area contributed by atoms with E-state index in [9.17, 15) is 0 Å². The third kappa shape index (κ3) is 6.31. The molecule has 0 aliphatic heterocycles. The lowest BCUT2D eigenvalue weighted by molar-refractivity contribution is 0.308. The van der Waals surface area contributed by atoms with E-state index in [0.717, 1.165) is 67.1 Å². The third-order valence-corrected chi connectivity index (χ3v) is 10.6. The number of hydrogen-bond donors (Lipinski definition) is 0. The summed E-state index contributed by atoms with van der Waals surface area (Å²) in [5.41, 5.74) is 4.21. The van der Waals surface area contributed by atoms with Gasteiger partial charge in [0.2, 0.25) is 0 Å². The third-order valence-electron chi connectivity index (χ3n) is 10.6. The Morgan fingerprint density at radius 2 is 0.946 bits per heavy atom. The maximum atomic E-state index is 15.3. The van der Waals surface area contributed by atoms with Crippen molar-refractivity contribution in [3.63, 3.8) is 0 Å². The SMILES string of the molecule is CCCC1CCC(c2ccc(C3CCC(c4ccc(C5CCC(CC)CC5)c(F)c4)CC3)c(F)c2)CC1. The van der Waals surface area contributed by atoms with Crippen LogP contribution in [0.4, 0.5) is 8.78 Å². The molecule has 202 valence electrons. The van der Waals surface area contributed by atoms with Crippen LogP contribution in [0.5, 0.6) is 0 Å². The van der Waals surface area contributed by atoms with E-state index < -0.39 is 0 Å². The first-order chi connectivity index (χ1) is 18.1. The minimum absolute atomic E-state index is 0.00447. The molecule has 0 bridgehead atoms. The van der Waals surface area contributed by atoms with Crippen molar-refractivity contribution >= 4 is 0 Å². The smallest absolute Gasteiger partial charge is 0.126 e. The predicted molar refractivity (Wildman–Crippen MR) is 151 cm³/mol. The first-order valence-electron chi connectivity index (χ1n) is 15.6. The summed E-state index contributed by atoms with van der Waals surface area (Å²) < 4.78 is 30.4. The molecule has 0 aromatic heterocycles. The van der Waals surface area contributed by atoms with E-state index in [0.29, 0.717) is 23.7 Å². The van der Waals surface area contributed by atoms with Crippen molar-refractivity contribution in [1.82, 2.24) is 0 Å². The number of benzene rings is 2. The molecule has 0 amide bonds. The summed E-state index contributed by atoms with van der Waals surface area (Å²) in [5, 5.41) is 0. The van der Waals surface area contributed by atoms with Gasteiger partial charge in [-0.1, -0.05) is 57.4 Å². The number of rotatable bonds is 7. The van der Waals surface area contributed by atoms with E-state index in [1.54, 1.807) is 0 Å². The van der Waals surface area contributed by atoms with Gasteiger partial charge in [-0.3, -0.25) is 0 Å². The van der Waals surface area contributed by atoms with Crippen LogP contribution in [0.3, 0.4) is 0 Å². The van der Waals surface area contributed by atoms with Crippen LogP contribution in [0.1, 0.15) is 156 Å². The van der Waals surface area contributed by atoms with Crippen LogP contribution in [0, 0.1) is 23.5 Å². The number of halogens is 2. The number of hydrogen-bond acceptors (Lipinski definition) is 0. The van der Waals surface area contributed by atoms with Gasteiger partial charge in [0.25, 0.3) is 0 Å². The molecule has 37 heavy (non-hydrogen) atoms. The molecule has 0 nitrogen and oxygen atoms in total. The molecule has 0 saturated heterocycles. The molecule has 0 spiro atoms. The molecule has 0 unspecified atom stereocenters. The Morgan fingerprint density at radius 3 is 1.38 bits per heavy atom.